The van der Waals surface area contributed by atoms with E-state index >= 15 is 0 Å². The van der Waals surface area contributed by atoms with Gasteiger partial charge in [0.25, 0.3) is 5.91 Å². The van der Waals surface area contributed by atoms with Crippen LogP contribution in [0.2, 0.25) is 0 Å². The van der Waals surface area contributed by atoms with Crippen LogP contribution in [0.3, 0.4) is 0 Å². The summed E-state index contributed by atoms with van der Waals surface area (Å²) in [6.45, 7) is 4.72. The van der Waals surface area contributed by atoms with Crippen LogP contribution in [0, 0.1) is 6.92 Å². The highest BCUT2D eigenvalue weighted by molar-refractivity contribution is 9.10. The minimum atomic E-state index is -0.922. The number of aromatic nitrogens is 1. The number of rotatable bonds is 9. The molecule has 0 aliphatic carbocycles. The molecule has 0 radical (unpaired) electrons. The summed E-state index contributed by atoms with van der Waals surface area (Å²) in [5.41, 5.74) is 5.42. The Morgan fingerprint density at radius 1 is 0.842 bits per heavy atom. The van der Waals surface area contributed by atoms with Crippen molar-refractivity contribution in [3.63, 3.8) is 0 Å². The van der Waals surface area contributed by atoms with E-state index in [-0.39, 0.29) is 5.69 Å². The molecular weight excluding hydrogens is 548 g/mol. The molecule has 196 valence electrons. The molecule has 0 atom stereocenters. The third kappa shape index (κ3) is 6.80. The van der Waals surface area contributed by atoms with Gasteiger partial charge in [0.05, 0.1) is 12.1 Å². The molecule has 0 bridgehead atoms. The molecule has 4 aromatic rings. The number of amides is 3. The van der Waals surface area contributed by atoms with E-state index in [9.17, 15) is 14.4 Å². The number of carbonyl (C=O) groups is 3. The maximum Gasteiger partial charge on any atom is 0.328 e. The molecule has 0 saturated carbocycles. The Morgan fingerprint density at radius 3 is 2.24 bits per heavy atom. The third-order valence-corrected chi connectivity index (χ3v) is 6.35. The zero-order valence-corrected chi connectivity index (χ0v) is 22.8. The van der Waals surface area contributed by atoms with E-state index in [1.165, 1.54) is 4.68 Å². The molecule has 0 fully saturated rings. The quantitative estimate of drug-likeness (QED) is 0.162. The van der Waals surface area contributed by atoms with E-state index in [1.54, 1.807) is 54.6 Å². The van der Waals surface area contributed by atoms with Crippen LogP contribution in [0.15, 0.2) is 77.3 Å². The Kier molecular flexibility index (Phi) is 8.81. The number of aryl methyl sites for hydroxylation is 1. The summed E-state index contributed by atoms with van der Waals surface area (Å²) in [6.07, 6.45) is 3.20. The molecule has 38 heavy (non-hydrogen) atoms. The zero-order valence-electron chi connectivity index (χ0n) is 21.2. The van der Waals surface area contributed by atoms with Crippen molar-refractivity contribution in [2.45, 2.75) is 33.1 Å². The minimum absolute atomic E-state index is 0.171. The molecule has 3 amide bonds. The van der Waals surface area contributed by atoms with Gasteiger partial charge in [0.1, 0.15) is 11.4 Å². The number of hydrogen-bond acceptors (Lipinski definition) is 4. The van der Waals surface area contributed by atoms with Crippen LogP contribution in [0.1, 0.15) is 42.2 Å². The fraction of sp³-hybridized carbons (Fsp3) is 0.207. The van der Waals surface area contributed by atoms with Gasteiger partial charge in [0, 0.05) is 21.2 Å². The van der Waals surface area contributed by atoms with Crippen molar-refractivity contribution < 1.29 is 19.1 Å². The molecule has 3 aromatic carbocycles. The Hall–Kier alpha value is -4.11. The lowest BCUT2D eigenvalue weighted by Gasteiger charge is -2.13. The average molecular weight is 577 g/mol. The first-order valence-electron chi connectivity index (χ1n) is 12.4. The SMILES string of the molecule is CCCCCOc1ccc(NC(=O)C(=O)Nn2c(C(=O)Nc3ccc(C)cc3)cc3cc(Br)ccc32)cc1. The molecule has 8 nitrogen and oxygen atoms in total. The molecule has 4 rings (SSSR count). The van der Waals surface area contributed by atoms with E-state index in [0.717, 1.165) is 29.3 Å². The monoisotopic (exact) mass is 576 g/mol. The first kappa shape index (κ1) is 26.9. The van der Waals surface area contributed by atoms with Crippen molar-refractivity contribution in [1.29, 1.82) is 0 Å². The summed E-state index contributed by atoms with van der Waals surface area (Å²) >= 11 is 3.43. The van der Waals surface area contributed by atoms with Crippen LogP contribution in [0.25, 0.3) is 10.9 Å². The van der Waals surface area contributed by atoms with Gasteiger partial charge in [-0.3, -0.25) is 19.8 Å². The van der Waals surface area contributed by atoms with Crippen molar-refractivity contribution in [3.05, 3.63) is 88.5 Å². The highest BCUT2D eigenvalue weighted by Crippen LogP contribution is 2.24. The number of nitrogens with one attached hydrogen (secondary N) is 3. The number of halogens is 1. The van der Waals surface area contributed by atoms with Crippen molar-refractivity contribution in [2.24, 2.45) is 0 Å². The van der Waals surface area contributed by atoms with E-state index in [1.807, 2.05) is 25.1 Å². The standard InChI is InChI=1S/C29H29BrN4O4/c1-3-4-5-16-38-24-13-11-23(12-14-24)32-28(36)29(37)33-34-25-15-8-21(30)17-20(25)18-26(34)27(35)31-22-9-6-19(2)7-10-22/h6-15,17-18H,3-5,16H2,1-2H3,(H,31,35)(H,32,36)(H,33,37). The van der Waals surface area contributed by atoms with E-state index in [2.05, 4.69) is 38.9 Å². The van der Waals surface area contributed by atoms with Crippen LogP contribution in [0.5, 0.6) is 5.75 Å². The maximum absolute atomic E-state index is 13.2. The summed E-state index contributed by atoms with van der Waals surface area (Å²) in [7, 11) is 0. The molecular formula is C29H29BrN4O4. The van der Waals surface area contributed by atoms with Gasteiger partial charge >= 0.3 is 11.8 Å². The van der Waals surface area contributed by atoms with Crippen LogP contribution in [0.4, 0.5) is 11.4 Å². The van der Waals surface area contributed by atoms with Crippen molar-refractivity contribution in [1.82, 2.24) is 4.68 Å². The van der Waals surface area contributed by atoms with E-state index in [0.29, 0.717) is 34.6 Å². The number of ether oxygens (including phenoxy) is 1. The van der Waals surface area contributed by atoms with Crippen LogP contribution in [-0.4, -0.2) is 29.0 Å². The number of fused-ring (bicyclic) bond motifs is 1. The first-order valence-corrected chi connectivity index (χ1v) is 13.2. The van der Waals surface area contributed by atoms with E-state index < -0.39 is 17.7 Å². The fourth-order valence-corrected chi connectivity index (χ4v) is 4.20. The number of unbranched alkanes of at least 4 members (excludes halogenated alkanes) is 2. The Bertz CT molecular complexity index is 1450. The van der Waals surface area contributed by atoms with Gasteiger partial charge in [-0.15, -0.1) is 0 Å². The number of anilines is 2. The largest absolute Gasteiger partial charge is 0.494 e. The van der Waals surface area contributed by atoms with Crippen LogP contribution >= 0.6 is 15.9 Å². The van der Waals surface area contributed by atoms with Crippen molar-refractivity contribution in [2.75, 3.05) is 22.7 Å². The fourth-order valence-electron chi connectivity index (χ4n) is 3.82. The lowest BCUT2D eigenvalue weighted by atomic mass is 10.2. The molecule has 0 unspecified atom stereocenters. The van der Waals surface area contributed by atoms with Crippen molar-refractivity contribution >= 4 is 55.9 Å². The van der Waals surface area contributed by atoms with Crippen molar-refractivity contribution in [3.8, 4) is 5.75 Å². The molecule has 3 N–H and O–H groups in total. The topological polar surface area (TPSA) is 101 Å². The van der Waals surface area contributed by atoms with Gasteiger partial charge in [0.2, 0.25) is 0 Å². The lowest BCUT2D eigenvalue weighted by Crippen LogP contribution is -2.36. The summed E-state index contributed by atoms with van der Waals surface area (Å²) in [5.74, 6) is -1.53. The second-order valence-corrected chi connectivity index (χ2v) is 9.78. The van der Waals surface area contributed by atoms with E-state index in [4.69, 9.17) is 4.74 Å². The predicted octanol–water partition coefficient (Wildman–Crippen LogP) is 6.24. The molecule has 0 spiro atoms. The first-order chi connectivity index (χ1) is 18.3. The predicted molar refractivity (Wildman–Crippen MR) is 153 cm³/mol. The zero-order chi connectivity index (χ0) is 27.1. The number of hydrogen-bond donors (Lipinski definition) is 3. The molecule has 1 aromatic heterocycles. The highest BCUT2D eigenvalue weighted by atomic mass is 79.9. The highest BCUT2D eigenvalue weighted by Gasteiger charge is 2.21. The minimum Gasteiger partial charge on any atom is -0.494 e. The van der Waals surface area contributed by atoms with Gasteiger partial charge in [0.15, 0.2) is 0 Å². The molecule has 9 heteroatoms. The second-order valence-electron chi connectivity index (χ2n) is 8.86. The average Bonchev–Trinajstić information content (AvgIpc) is 3.26. The Morgan fingerprint density at radius 2 is 1.53 bits per heavy atom. The van der Waals surface area contributed by atoms with Gasteiger partial charge in [-0.25, -0.2) is 4.68 Å². The van der Waals surface area contributed by atoms with Gasteiger partial charge in [-0.1, -0.05) is 53.4 Å². The van der Waals surface area contributed by atoms with Crippen LogP contribution < -0.4 is 20.8 Å². The third-order valence-electron chi connectivity index (χ3n) is 5.85. The van der Waals surface area contributed by atoms with Gasteiger partial charge < -0.3 is 15.4 Å². The second kappa shape index (κ2) is 12.4. The summed E-state index contributed by atoms with van der Waals surface area (Å²) < 4.78 is 7.82. The van der Waals surface area contributed by atoms with Crippen LogP contribution in [-0.2, 0) is 9.59 Å². The molecule has 0 aliphatic rings. The summed E-state index contributed by atoms with van der Waals surface area (Å²) in [5, 5.41) is 6.13. The Balaban J connectivity index is 1.48. The molecule has 0 saturated heterocycles. The maximum atomic E-state index is 13.2. The van der Waals surface area contributed by atoms with Gasteiger partial charge in [-0.05, 0) is 74.0 Å². The molecule has 1 heterocycles. The smallest absolute Gasteiger partial charge is 0.328 e. The normalized spacial score (nSPS) is 10.7. The molecule has 0 aliphatic heterocycles. The Labute approximate surface area is 229 Å². The van der Waals surface area contributed by atoms with Gasteiger partial charge in [-0.2, -0.15) is 0 Å². The number of nitrogens with zero attached hydrogens (tertiary/aromatic N) is 1. The summed E-state index contributed by atoms with van der Waals surface area (Å²) in [4.78, 5) is 38.7. The lowest BCUT2D eigenvalue weighted by molar-refractivity contribution is -0.133. The number of carbonyl (C=O) groups excluding carboxylic acids is 3. The summed E-state index contributed by atoms with van der Waals surface area (Å²) in [6, 6.07) is 21.2. The number of benzene rings is 3.